The smallest absolute Gasteiger partial charge is 0.322 e. The molecule has 0 aliphatic carbocycles. The highest BCUT2D eigenvalue weighted by Gasteiger charge is 2.53. The first-order chi connectivity index (χ1) is 16.3. The van der Waals surface area contributed by atoms with E-state index in [9.17, 15) is 34.5 Å². The lowest BCUT2D eigenvalue weighted by Gasteiger charge is -2.34. The molecule has 0 bridgehead atoms. The van der Waals surface area contributed by atoms with Crippen LogP contribution in [0.1, 0.15) is 32.2 Å². The van der Waals surface area contributed by atoms with Crippen molar-refractivity contribution in [3.63, 3.8) is 0 Å². The summed E-state index contributed by atoms with van der Waals surface area (Å²) in [6.07, 6.45) is 0. The first-order valence-electron chi connectivity index (χ1n) is 10.2. The molecule has 0 amide bonds. The Hall–Kier alpha value is -4.66. The number of esters is 2. The minimum Gasteiger partial charge on any atom is -0.508 e. The van der Waals surface area contributed by atoms with Gasteiger partial charge >= 0.3 is 11.9 Å². The molecule has 2 heterocycles. The monoisotopic (exact) mass is 460 g/mol. The maximum atomic E-state index is 13.5. The third-order valence-corrected chi connectivity index (χ3v) is 5.97. The topological polar surface area (TPSA) is 147 Å². The van der Waals surface area contributed by atoms with Crippen molar-refractivity contribution >= 4 is 23.5 Å². The molecule has 2 aliphatic rings. The highest BCUT2D eigenvalue weighted by molar-refractivity contribution is 6.18. The Labute approximate surface area is 191 Å². The van der Waals surface area contributed by atoms with E-state index in [-0.39, 0.29) is 45.4 Å². The van der Waals surface area contributed by atoms with Gasteiger partial charge in [-0.2, -0.15) is 0 Å². The zero-order chi connectivity index (χ0) is 24.1. The Morgan fingerprint density at radius 1 is 0.647 bits per heavy atom. The van der Waals surface area contributed by atoms with Gasteiger partial charge in [0, 0.05) is 18.1 Å². The maximum Gasteiger partial charge on any atom is 0.322 e. The standard InChI is InChI=1S/C25H16O9/c26-11-5-7-14-17(9-11)33-24(31)20(22(14)29)19(13-3-1-2-4-16(13)28)21-23(30)15-8-6-12(27)10-18(15)34-25(21)32/h1-10,19-21,26-28H/t19?,20-,21+. The molecule has 3 N–H and O–H groups in total. The quantitative estimate of drug-likeness (QED) is 0.305. The van der Waals surface area contributed by atoms with Gasteiger partial charge in [-0.05, 0) is 35.9 Å². The number of carbonyl (C=O) groups excluding carboxylic acids is 4. The molecule has 0 saturated carbocycles. The van der Waals surface area contributed by atoms with E-state index < -0.39 is 41.3 Å². The molecule has 3 aromatic rings. The number of ketones is 2. The number of phenolic OH excluding ortho intramolecular Hbond substituents is 3. The molecule has 2 aliphatic heterocycles. The number of carbonyl (C=O) groups is 4. The van der Waals surface area contributed by atoms with Gasteiger partial charge in [0.25, 0.3) is 0 Å². The SMILES string of the molecule is O=C1Oc2cc(O)ccc2C(=O)[C@@H]1C(c1ccccc1O)[C@H]1C(=O)Oc2cc(O)ccc2C1=O. The van der Waals surface area contributed by atoms with Crippen LogP contribution in [0.4, 0.5) is 0 Å². The maximum absolute atomic E-state index is 13.5. The van der Waals surface area contributed by atoms with Crippen LogP contribution in [0.15, 0.2) is 60.7 Å². The molecule has 3 atom stereocenters. The van der Waals surface area contributed by atoms with Crippen LogP contribution < -0.4 is 9.47 Å². The number of ether oxygens (including phenoxy) is 2. The van der Waals surface area contributed by atoms with Crippen molar-refractivity contribution in [1.82, 2.24) is 0 Å². The molecule has 9 heteroatoms. The zero-order valence-electron chi connectivity index (χ0n) is 17.3. The van der Waals surface area contributed by atoms with Gasteiger partial charge in [0.1, 0.15) is 40.6 Å². The van der Waals surface area contributed by atoms with Crippen molar-refractivity contribution in [3.05, 3.63) is 77.4 Å². The first kappa shape index (κ1) is 21.2. The molecule has 170 valence electrons. The summed E-state index contributed by atoms with van der Waals surface area (Å²) in [6, 6.07) is 13.0. The molecule has 0 aromatic heterocycles. The van der Waals surface area contributed by atoms with E-state index >= 15 is 0 Å². The van der Waals surface area contributed by atoms with E-state index in [4.69, 9.17) is 9.47 Å². The van der Waals surface area contributed by atoms with Crippen LogP contribution in [-0.2, 0) is 9.59 Å². The predicted octanol–water partition coefficient (Wildman–Crippen LogP) is 2.72. The van der Waals surface area contributed by atoms with Gasteiger partial charge in [-0.3, -0.25) is 19.2 Å². The second-order valence-electron chi connectivity index (χ2n) is 7.97. The summed E-state index contributed by atoms with van der Waals surface area (Å²) in [6.45, 7) is 0. The Morgan fingerprint density at radius 3 is 1.59 bits per heavy atom. The number of phenols is 3. The van der Waals surface area contributed by atoms with E-state index in [2.05, 4.69) is 0 Å². The largest absolute Gasteiger partial charge is 0.508 e. The van der Waals surface area contributed by atoms with Gasteiger partial charge in [0.15, 0.2) is 11.6 Å². The zero-order valence-corrected chi connectivity index (χ0v) is 17.3. The third kappa shape index (κ3) is 3.25. The molecular weight excluding hydrogens is 444 g/mol. The van der Waals surface area contributed by atoms with Crippen molar-refractivity contribution in [2.45, 2.75) is 5.92 Å². The molecule has 3 aromatic carbocycles. The van der Waals surface area contributed by atoms with Crippen LogP contribution >= 0.6 is 0 Å². The third-order valence-electron chi connectivity index (χ3n) is 5.97. The molecule has 0 spiro atoms. The lowest BCUT2D eigenvalue weighted by atomic mass is 9.70. The first-order valence-corrected chi connectivity index (χ1v) is 10.2. The molecule has 9 nitrogen and oxygen atoms in total. The normalized spacial score (nSPS) is 20.1. The van der Waals surface area contributed by atoms with Crippen LogP contribution in [0.2, 0.25) is 0 Å². The van der Waals surface area contributed by atoms with E-state index in [0.717, 1.165) is 12.1 Å². The predicted molar refractivity (Wildman–Crippen MR) is 114 cm³/mol. The molecular formula is C25H16O9. The number of fused-ring (bicyclic) bond motifs is 2. The van der Waals surface area contributed by atoms with E-state index in [1.807, 2.05) is 0 Å². The molecule has 5 rings (SSSR count). The number of rotatable bonds is 3. The lowest BCUT2D eigenvalue weighted by molar-refractivity contribution is -0.142. The minimum absolute atomic E-state index is 0.0116. The highest BCUT2D eigenvalue weighted by atomic mass is 16.5. The Kier molecular flexibility index (Phi) is 4.82. The Morgan fingerprint density at radius 2 is 1.12 bits per heavy atom. The second-order valence-corrected chi connectivity index (χ2v) is 7.97. The van der Waals surface area contributed by atoms with Gasteiger partial charge in [-0.15, -0.1) is 0 Å². The van der Waals surface area contributed by atoms with Crippen LogP contribution in [0.3, 0.4) is 0 Å². The van der Waals surface area contributed by atoms with Gasteiger partial charge in [0.2, 0.25) is 0 Å². The van der Waals surface area contributed by atoms with Gasteiger partial charge in [0.05, 0.1) is 11.1 Å². The van der Waals surface area contributed by atoms with Crippen LogP contribution in [0, 0.1) is 11.8 Å². The van der Waals surface area contributed by atoms with Gasteiger partial charge in [-0.25, -0.2) is 0 Å². The van der Waals surface area contributed by atoms with Gasteiger partial charge in [-0.1, -0.05) is 18.2 Å². The lowest BCUT2D eigenvalue weighted by Crippen LogP contribution is -2.46. The number of hydrogen-bond acceptors (Lipinski definition) is 9. The average molecular weight is 460 g/mol. The number of benzene rings is 3. The fourth-order valence-corrected chi connectivity index (χ4v) is 4.43. The van der Waals surface area contributed by atoms with Gasteiger partial charge < -0.3 is 24.8 Å². The van der Waals surface area contributed by atoms with E-state index in [0.29, 0.717) is 0 Å². The Balaban J connectivity index is 1.68. The number of aromatic hydroxyl groups is 3. The summed E-state index contributed by atoms with van der Waals surface area (Å²) >= 11 is 0. The summed E-state index contributed by atoms with van der Waals surface area (Å²) in [5, 5.41) is 29.9. The average Bonchev–Trinajstić information content (AvgIpc) is 2.78. The van der Waals surface area contributed by atoms with E-state index in [1.54, 1.807) is 0 Å². The van der Waals surface area contributed by atoms with Crippen LogP contribution in [0.25, 0.3) is 0 Å². The van der Waals surface area contributed by atoms with E-state index in [1.165, 1.54) is 48.5 Å². The summed E-state index contributed by atoms with van der Waals surface area (Å²) in [5.41, 5.74) is -0.0351. The molecule has 0 saturated heterocycles. The molecule has 34 heavy (non-hydrogen) atoms. The van der Waals surface area contributed by atoms with Crippen molar-refractivity contribution in [1.29, 1.82) is 0 Å². The molecule has 1 unspecified atom stereocenters. The molecule has 0 radical (unpaired) electrons. The van der Waals surface area contributed by atoms with Crippen molar-refractivity contribution in [2.24, 2.45) is 11.8 Å². The fraction of sp³-hybridized carbons (Fsp3) is 0.120. The summed E-state index contributed by atoms with van der Waals surface area (Å²) < 4.78 is 10.6. The number of Topliss-reactive ketones (excluding diaryl/α,β-unsaturated/α-hetero) is 2. The second kappa shape index (κ2) is 7.73. The number of hydrogen-bond donors (Lipinski definition) is 3. The van der Waals surface area contributed by atoms with Crippen molar-refractivity contribution < 1.29 is 44.0 Å². The highest BCUT2D eigenvalue weighted by Crippen LogP contribution is 2.46. The van der Waals surface area contributed by atoms with Crippen LogP contribution in [-0.4, -0.2) is 38.8 Å². The van der Waals surface area contributed by atoms with Crippen molar-refractivity contribution in [3.8, 4) is 28.7 Å². The van der Waals surface area contributed by atoms with Crippen LogP contribution in [0.5, 0.6) is 28.7 Å². The summed E-state index contributed by atoms with van der Waals surface area (Å²) in [5.74, 6) is -9.43. The summed E-state index contributed by atoms with van der Waals surface area (Å²) in [4.78, 5) is 53.0. The summed E-state index contributed by atoms with van der Waals surface area (Å²) in [7, 11) is 0. The Bertz CT molecular complexity index is 1310. The van der Waals surface area contributed by atoms with Crippen molar-refractivity contribution in [2.75, 3.05) is 0 Å². The molecule has 0 fully saturated rings. The number of para-hydroxylation sites is 1. The fourth-order valence-electron chi connectivity index (χ4n) is 4.43. The minimum atomic E-state index is -1.66.